The van der Waals surface area contributed by atoms with Gasteiger partial charge in [0, 0.05) is 21.1 Å². The molecule has 2 N–H and O–H groups in total. The Balaban J connectivity index is 1.87. The molecule has 0 fully saturated rings. The van der Waals surface area contributed by atoms with Crippen LogP contribution in [0.25, 0.3) is 10.9 Å². The summed E-state index contributed by atoms with van der Waals surface area (Å²) in [7, 11) is 0. The minimum Gasteiger partial charge on any atom is -0.351 e. The summed E-state index contributed by atoms with van der Waals surface area (Å²) >= 11 is 3.45. The lowest BCUT2D eigenvalue weighted by Crippen LogP contribution is -2.12. The van der Waals surface area contributed by atoms with Crippen LogP contribution >= 0.6 is 15.9 Å². The van der Waals surface area contributed by atoms with Gasteiger partial charge in [-0.3, -0.25) is 4.79 Å². The summed E-state index contributed by atoms with van der Waals surface area (Å²) in [6.07, 6.45) is 0. The van der Waals surface area contributed by atoms with E-state index in [1.165, 1.54) is 5.56 Å². The maximum Gasteiger partial charge on any atom is 0.272 e. The van der Waals surface area contributed by atoms with Crippen LogP contribution in [0.5, 0.6) is 0 Å². The first-order valence-corrected chi connectivity index (χ1v) is 7.49. The van der Waals surface area contributed by atoms with Gasteiger partial charge in [-0.1, -0.05) is 27.6 Å². The molecule has 106 valence electrons. The highest BCUT2D eigenvalue weighted by atomic mass is 79.9. The summed E-state index contributed by atoms with van der Waals surface area (Å²) in [5.74, 6) is -0.134. The summed E-state index contributed by atoms with van der Waals surface area (Å²) in [5.41, 5.74) is 4.58. The number of aryl methyl sites for hydroxylation is 2. The van der Waals surface area contributed by atoms with Gasteiger partial charge >= 0.3 is 0 Å². The number of halogens is 1. The predicted molar refractivity (Wildman–Crippen MR) is 89.9 cm³/mol. The van der Waals surface area contributed by atoms with E-state index in [1.807, 2.05) is 50.2 Å². The molecule has 3 rings (SSSR count). The van der Waals surface area contributed by atoms with Crippen LogP contribution < -0.4 is 5.32 Å². The Bertz CT molecular complexity index is 836. The number of carbonyl (C=O) groups is 1. The molecule has 0 bridgehead atoms. The molecule has 0 aliphatic heterocycles. The number of hydrogen-bond donors (Lipinski definition) is 2. The minimum absolute atomic E-state index is 0.134. The molecule has 0 spiro atoms. The molecule has 1 heterocycles. The van der Waals surface area contributed by atoms with E-state index < -0.39 is 0 Å². The normalized spacial score (nSPS) is 10.8. The molecule has 0 aliphatic rings. The van der Waals surface area contributed by atoms with Crippen molar-refractivity contribution in [2.45, 2.75) is 13.8 Å². The van der Waals surface area contributed by atoms with Crippen molar-refractivity contribution in [2.75, 3.05) is 5.32 Å². The van der Waals surface area contributed by atoms with Crippen molar-refractivity contribution in [1.29, 1.82) is 0 Å². The predicted octanol–water partition coefficient (Wildman–Crippen LogP) is 4.80. The first kappa shape index (κ1) is 13.9. The second kappa shape index (κ2) is 5.37. The van der Waals surface area contributed by atoms with Crippen LogP contribution in [0.4, 0.5) is 5.69 Å². The van der Waals surface area contributed by atoms with Gasteiger partial charge < -0.3 is 10.3 Å². The standard InChI is InChI=1S/C17H15BrN2O/c1-10-3-6-15-12(7-10)9-16(20-15)17(21)19-13-4-5-14(18)11(2)8-13/h3-9,20H,1-2H3,(H,19,21). The average Bonchev–Trinajstić information content (AvgIpc) is 2.86. The summed E-state index contributed by atoms with van der Waals surface area (Å²) in [5, 5.41) is 3.96. The molecule has 3 nitrogen and oxygen atoms in total. The molecule has 0 saturated carbocycles. The number of benzene rings is 2. The number of rotatable bonds is 2. The third-order valence-corrected chi connectivity index (χ3v) is 4.33. The number of aromatic amines is 1. The SMILES string of the molecule is Cc1ccc2[nH]c(C(=O)Nc3ccc(Br)c(C)c3)cc2c1. The first-order valence-electron chi connectivity index (χ1n) is 6.70. The van der Waals surface area contributed by atoms with Crippen LogP contribution in [0.2, 0.25) is 0 Å². The van der Waals surface area contributed by atoms with Gasteiger partial charge in [0.05, 0.1) is 0 Å². The third-order valence-electron chi connectivity index (χ3n) is 3.44. The van der Waals surface area contributed by atoms with Gasteiger partial charge in [0.1, 0.15) is 5.69 Å². The van der Waals surface area contributed by atoms with Crippen molar-refractivity contribution in [1.82, 2.24) is 4.98 Å². The maximum atomic E-state index is 12.3. The Kier molecular flexibility index (Phi) is 3.55. The van der Waals surface area contributed by atoms with Crippen LogP contribution in [0.1, 0.15) is 21.6 Å². The topological polar surface area (TPSA) is 44.9 Å². The number of anilines is 1. The number of aromatic nitrogens is 1. The van der Waals surface area contributed by atoms with Gasteiger partial charge in [0.25, 0.3) is 5.91 Å². The van der Waals surface area contributed by atoms with Gasteiger partial charge in [0.15, 0.2) is 0 Å². The van der Waals surface area contributed by atoms with E-state index in [9.17, 15) is 4.79 Å². The van der Waals surface area contributed by atoms with Crippen LogP contribution in [-0.4, -0.2) is 10.9 Å². The van der Waals surface area contributed by atoms with Crippen LogP contribution in [0.3, 0.4) is 0 Å². The van der Waals surface area contributed by atoms with Gasteiger partial charge in [-0.15, -0.1) is 0 Å². The number of nitrogens with one attached hydrogen (secondary N) is 2. The molecule has 1 amide bonds. The van der Waals surface area contributed by atoms with Gasteiger partial charge in [-0.2, -0.15) is 0 Å². The number of carbonyl (C=O) groups excluding carboxylic acids is 1. The highest BCUT2D eigenvalue weighted by molar-refractivity contribution is 9.10. The molecule has 0 saturated heterocycles. The smallest absolute Gasteiger partial charge is 0.272 e. The molecule has 0 unspecified atom stereocenters. The fourth-order valence-corrected chi connectivity index (χ4v) is 2.54. The zero-order valence-corrected chi connectivity index (χ0v) is 13.4. The number of H-pyrrole nitrogens is 1. The lowest BCUT2D eigenvalue weighted by Gasteiger charge is -2.05. The molecule has 0 aliphatic carbocycles. The van der Waals surface area contributed by atoms with Crippen molar-refractivity contribution < 1.29 is 4.79 Å². The highest BCUT2D eigenvalue weighted by Gasteiger charge is 2.10. The van der Waals surface area contributed by atoms with Gasteiger partial charge in [-0.25, -0.2) is 0 Å². The Morgan fingerprint density at radius 1 is 1.10 bits per heavy atom. The molecular weight excluding hydrogens is 328 g/mol. The van der Waals surface area contributed by atoms with E-state index in [4.69, 9.17) is 0 Å². The molecule has 21 heavy (non-hydrogen) atoms. The van der Waals surface area contributed by atoms with Crippen LogP contribution in [0, 0.1) is 13.8 Å². The summed E-state index contributed by atoms with van der Waals surface area (Å²) in [4.78, 5) is 15.5. The van der Waals surface area contributed by atoms with Crippen LogP contribution in [-0.2, 0) is 0 Å². The average molecular weight is 343 g/mol. The molecule has 0 atom stereocenters. The maximum absolute atomic E-state index is 12.3. The number of amides is 1. The molecule has 3 aromatic rings. The van der Waals surface area contributed by atoms with Crippen molar-refractivity contribution in [3.63, 3.8) is 0 Å². The largest absolute Gasteiger partial charge is 0.351 e. The van der Waals surface area contributed by atoms with Crippen molar-refractivity contribution >= 4 is 38.4 Å². The fraction of sp³-hybridized carbons (Fsp3) is 0.118. The lowest BCUT2D eigenvalue weighted by molar-refractivity contribution is 0.102. The molecule has 4 heteroatoms. The summed E-state index contributed by atoms with van der Waals surface area (Å²) < 4.78 is 1.03. The van der Waals surface area contributed by atoms with E-state index >= 15 is 0 Å². The van der Waals surface area contributed by atoms with Gasteiger partial charge in [0.2, 0.25) is 0 Å². The minimum atomic E-state index is -0.134. The Morgan fingerprint density at radius 3 is 2.67 bits per heavy atom. The van der Waals surface area contributed by atoms with Crippen LogP contribution in [0.15, 0.2) is 46.9 Å². The highest BCUT2D eigenvalue weighted by Crippen LogP contribution is 2.21. The monoisotopic (exact) mass is 342 g/mol. The third kappa shape index (κ3) is 2.85. The Labute approximate surface area is 131 Å². The Hall–Kier alpha value is -2.07. The zero-order valence-electron chi connectivity index (χ0n) is 11.8. The van der Waals surface area contributed by atoms with E-state index in [0.717, 1.165) is 26.6 Å². The van der Waals surface area contributed by atoms with Crippen molar-refractivity contribution in [3.8, 4) is 0 Å². The van der Waals surface area contributed by atoms with Crippen molar-refractivity contribution in [3.05, 3.63) is 63.8 Å². The molecule has 2 aromatic carbocycles. The second-order valence-corrected chi connectivity index (χ2v) is 6.05. The summed E-state index contributed by atoms with van der Waals surface area (Å²) in [6, 6.07) is 13.7. The molecule has 0 radical (unpaired) electrons. The van der Waals surface area contributed by atoms with E-state index in [2.05, 4.69) is 32.3 Å². The lowest BCUT2D eigenvalue weighted by atomic mass is 10.2. The van der Waals surface area contributed by atoms with Crippen molar-refractivity contribution in [2.24, 2.45) is 0 Å². The second-order valence-electron chi connectivity index (χ2n) is 5.19. The zero-order chi connectivity index (χ0) is 15.0. The first-order chi connectivity index (χ1) is 10.0. The summed E-state index contributed by atoms with van der Waals surface area (Å²) in [6.45, 7) is 4.03. The number of hydrogen-bond acceptors (Lipinski definition) is 1. The quantitative estimate of drug-likeness (QED) is 0.690. The van der Waals surface area contributed by atoms with Gasteiger partial charge in [-0.05, 0) is 55.8 Å². The van der Waals surface area contributed by atoms with E-state index in [1.54, 1.807) is 0 Å². The molecular formula is C17H15BrN2O. The fourth-order valence-electron chi connectivity index (χ4n) is 2.30. The van der Waals surface area contributed by atoms with E-state index in [0.29, 0.717) is 5.69 Å². The number of fused-ring (bicyclic) bond motifs is 1. The Morgan fingerprint density at radius 2 is 1.90 bits per heavy atom. The van der Waals surface area contributed by atoms with E-state index in [-0.39, 0.29) is 5.91 Å². The molecule has 1 aromatic heterocycles.